The van der Waals surface area contributed by atoms with Crippen LogP contribution in [0.2, 0.25) is 5.02 Å². The Kier molecular flexibility index (Phi) is 6.26. The third-order valence-corrected chi connectivity index (χ3v) is 5.27. The first-order chi connectivity index (χ1) is 12.1. The minimum atomic E-state index is -3.77. The zero-order valence-electron chi connectivity index (χ0n) is 14.7. The number of hydrogen-bond acceptors (Lipinski definition) is 3. The molecule has 0 aromatic heterocycles. The Hall–Kier alpha value is -2.12. The van der Waals surface area contributed by atoms with Crippen LogP contribution < -0.4 is 9.62 Å². The molecule has 2 rings (SSSR count). The van der Waals surface area contributed by atoms with Crippen LogP contribution in [0.4, 0.5) is 15.8 Å². The van der Waals surface area contributed by atoms with Crippen LogP contribution in [0.1, 0.15) is 18.9 Å². The number of carbonyl (C=O) groups excluding carboxylic acids is 1. The molecule has 0 unspecified atom stereocenters. The Morgan fingerprint density at radius 3 is 2.35 bits per heavy atom. The van der Waals surface area contributed by atoms with E-state index in [1.807, 2.05) is 0 Å². The van der Waals surface area contributed by atoms with Gasteiger partial charge in [0.1, 0.15) is 11.9 Å². The summed E-state index contributed by atoms with van der Waals surface area (Å²) >= 11 is 5.92. The van der Waals surface area contributed by atoms with Crippen LogP contribution in [0.5, 0.6) is 0 Å². The van der Waals surface area contributed by atoms with E-state index < -0.39 is 27.8 Å². The molecule has 2 aromatic rings. The number of halogens is 2. The van der Waals surface area contributed by atoms with Crippen molar-refractivity contribution >= 4 is 38.9 Å². The van der Waals surface area contributed by atoms with Gasteiger partial charge in [-0.25, -0.2) is 12.8 Å². The molecule has 0 saturated heterocycles. The summed E-state index contributed by atoms with van der Waals surface area (Å²) in [6.45, 7) is 3.50. The number of nitrogens with one attached hydrogen (secondary N) is 1. The van der Waals surface area contributed by atoms with Gasteiger partial charge in [0.05, 0.1) is 11.9 Å². The van der Waals surface area contributed by atoms with Gasteiger partial charge in [0.2, 0.25) is 15.9 Å². The standard InChI is InChI=1S/C18H20ClFN2O3S/c1-4-17(18(23)21-16-10-5-13(19)11-12(16)2)22(26(3,24)25)15-8-6-14(20)7-9-15/h5-11,17H,4H2,1-3H3,(H,21,23)/t17-/m0/s1. The summed E-state index contributed by atoms with van der Waals surface area (Å²) in [6, 6.07) is 8.99. The molecule has 0 spiro atoms. The van der Waals surface area contributed by atoms with Crippen molar-refractivity contribution in [2.24, 2.45) is 0 Å². The average Bonchev–Trinajstić information content (AvgIpc) is 2.55. The van der Waals surface area contributed by atoms with E-state index in [4.69, 9.17) is 11.6 Å². The second-order valence-electron chi connectivity index (χ2n) is 5.91. The summed E-state index contributed by atoms with van der Waals surface area (Å²) in [6.07, 6.45) is 1.25. The molecule has 5 nitrogen and oxygen atoms in total. The maximum absolute atomic E-state index is 13.2. The number of nitrogens with zero attached hydrogens (tertiary/aromatic N) is 1. The molecule has 0 aliphatic rings. The van der Waals surface area contributed by atoms with Crippen LogP contribution in [-0.2, 0) is 14.8 Å². The first kappa shape index (κ1) is 20.2. The Balaban J connectivity index is 2.38. The van der Waals surface area contributed by atoms with Gasteiger partial charge in [-0.1, -0.05) is 18.5 Å². The third-order valence-electron chi connectivity index (χ3n) is 3.86. The molecular formula is C18H20ClFN2O3S. The van der Waals surface area contributed by atoms with E-state index in [-0.39, 0.29) is 12.1 Å². The number of hydrogen-bond donors (Lipinski definition) is 1. The highest BCUT2D eigenvalue weighted by atomic mass is 35.5. The quantitative estimate of drug-likeness (QED) is 0.800. The number of amides is 1. The number of benzene rings is 2. The Bertz CT molecular complexity index is 901. The van der Waals surface area contributed by atoms with Crippen LogP contribution in [0.15, 0.2) is 42.5 Å². The second-order valence-corrected chi connectivity index (χ2v) is 8.20. The van der Waals surface area contributed by atoms with Crippen molar-refractivity contribution < 1.29 is 17.6 Å². The van der Waals surface area contributed by atoms with Crippen molar-refractivity contribution in [1.29, 1.82) is 0 Å². The Labute approximate surface area is 157 Å². The van der Waals surface area contributed by atoms with Crippen molar-refractivity contribution in [3.63, 3.8) is 0 Å². The van der Waals surface area contributed by atoms with Gasteiger partial charge in [0.15, 0.2) is 0 Å². The van der Waals surface area contributed by atoms with Gasteiger partial charge in [-0.3, -0.25) is 9.10 Å². The van der Waals surface area contributed by atoms with Gasteiger partial charge in [0.25, 0.3) is 0 Å². The largest absolute Gasteiger partial charge is 0.324 e. The van der Waals surface area contributed by atoms with Crippen molar-refractivity contribution in [2.75, 3.05) is 15.9 Å². The van der Waals surface area contributed by atoms with Gasteiger partial charge in [-0.15, -0.1) is 0 Å². The fraction of sp³-hybridized carbons (Fsp3) is 0.278. The molecular weight excluding hydrogens is 379 g/mol. The molecule has 8 heteroatoms. The number of sulfonamides is 1. The van der Waals surface area contributed by atoms with Gasteiger partial charge in [0, 0.05) is 10.7 Å². The zero-order valence-corrected chi connectivity index (χ0v) is 16.2. The molecule has 0 saturated carbocycles. The number of anilines is 2. The maximum atomic E-state index is 13.2. The molecule has 0 aliphatic carbocycles. The van der Waals surface area contributed by atoms with E-state index in [9.17, 15) is 17.6 Å². The Morgan fingerprint density at radius 1 is 1.23 bits per heavy atom. The minimum Gasteiger partial charge on any atom is -0.324 e. The van der Waals surface area contributed by atoms with Crippen molar-refractivity contribution in [1.82, 2.24) is 0 Å². The first-order valence-electron chi connectivity index (χ1n) is 7.95. The van der Waals surface area contributed by atoms with E-state index in [1.54, 1.807) is 32.0 Å². The molecule has 0 heterocycles. The summed E-state index contributed by atoms with van der Waals surface area (Å²) in [7, 11) is -3.77. The molecule has 140 valence electrons. The smallest absolute Gasteiger partial charge is 0.248 e. The highest BCUT2D eigenvalue weighted by Crippen LogP contribution is 2.25. The van der Waals surface area contributed by atoms with Crippen LogP contribution in [0.3, 0.4) is 0 Å². The topological polar surface area (TPSA) is 66.5 Å². The molecule has 2 aromatic carbocycles. The lowest BCUT2D eigenvalue weighted by molar-refractivity contribution is -0.117. The lowest BCUT2D eigenvalue weighted by atomic mass is 10.1. The van der Waals surface area contributed by atoms with E-state index in [2.05, 4.69) is 5.32 Å². The summed E-state index contributed by atoms with van der Waals surface area (Å²) in [5.41, 5.74) is 1.53. The molecule has 0 fully saturated rings. The monoisotopic (exact) mass is 398 g/mol. The fourth-order valence-electron chi connectivity index (χ4n) is 2.63. The summed E-state index contributed by atoms with van der Waals surface area (Å²) < 4.78 is 38.8. The van der Waals surface area contributed by atoms with Gasteiger partial charge in [-0.2, -0.15) is 0 Å². The molecule has 1 atom stereocenters. The second kappa shape index (κ2) is 8.05. The highest BCUT2D eigenvalue weighted by Gasteiger charge is 2.31. The summed E-state index contributed by atoms with van der Waals surface area (Å²) in [4.78, 5) is 12.8. The molecule has 0 radical (unpaired) electrons. The Morgan fingerprint density at radius 2 is 1.85 bits per heavy atom. The third kappa shape index (κ3) is 4.74. The van der Waals surface area contributed by atoms with Gasteiger partial charge in [-0.05, 0) is 61.4 Å². The maximum Gasteiger partial charge on any atom is 0.248 e. The fourth-order valence-corrected chi connectivity index (χ4v) is 4.07. The van der Waals surface area contributed by atoms with Crippen molar-refractivity contribution in [3.05, 3.63) is 58.9 Å². The van der Waals surface area contributed by atoms with Crippen molar-refractivity contribution in [2.45, 2.75) is 26.3 Å². The van der Waals surface area contributed by atoms with Crippen molar-refractivity contribution in [3.8, 4) is 0 Å². The zero-order chi connectivity index (χ0) is 19.5. The SMILES string of the molecule is CC[C@@H](C(=O)Nc1ccc(Cl)cc1C)N(c1ccc(F)cc1)S(C)(=O)=O. The molecule has 1 N–H and O–H groups in total. The van der Waals surface area contributed by atoms with Crippen LogP contribution in [-0.4, -0.2) is 26.6 Å². The van der Waals surface area contributed by atoms with Crippen LogP contribution in [0.25, 0.3) is 0 Å². The molecule has 0 bridgehead atoms. The van der Waals surface area contributed by atoms with E-state index in [0.717, 1.165) is 28.3 Å². The summed E-state index contributed by atoms with van der Waals surface area (Å²) in [5, 5.41) is 3.28. The predicted octanol–water partition coefficient (Wildman–Crippen LogP) is 3.97. The average molecular weight is 399 g/mol. The van der Waals surface area contributed by atoms with Crippen LogP contribution >= 0.6 is 11.6 Å². The van der Waals surface area contributed by atoms with E-state index >= 15 is 0 Å². The van der Waals surface area contributed by atoms with E-state index in [0.29, 0.717) is 10.7 Å². The minimum absolute atomic E-state index is 0.226. The molecule has 0 aliphatic heterocycles. The normalized spacial score (nSPS) is 12.5. The summed E-state index contributed by atoms with van der Waals surface area (Å²) in [5.74, 6) is -0.968. The number of aryl methyl sites for hydroxylation is 1. The van der Waals surface area contributed by atoms with Gasteiger partial charge >= 0.3 is 0 Å². The molecule has 1 amide bonds. The lowest BCUT2D eigenvalue weighted by Crippen LogP contribution is -2.47. The molecule has 26 heavy (non-hydrogen) atoms. The lowest BCUT2D eigenvalue weighted by Gasteiger charge is -2.30. The first-order valence-corrected chi connectivity index (χ1v) is 10.2. The van der Waals surface area contributed by atoms with Gasteiger partial charge < -0.3 is 5.32 Å². The van der Waals surface area contributed by atoms with Crippen LogP contribution in [0, 0.1) is 12.7 Å². The number of rotatable bonds is 6. The van der Waals surface area contributed by atoms with E-state index in [1.165, 1.54) is 12.1 Å². The highest BCUT2D eigenvalue weighted by molar-refractivity contribution is 7.92. The predicted molar refractivity (Wildman–Crippen MR) is 103 cm³/mol. The number of carbonyl (C=O) groups is 1.